The van der Waals surface area contributed by atoms with Gasteiger partial charge < -0.3 is 20.3 Å². The third-order valence-electron chi connectivity index (χ3n) is 16.1. The minimum atomic E-state index is -0.850. The molecular weight excluding hydrogens is 959 g/mol. The molecule has 2 atom stereocenters. The molecule has 0 saturated carbocycles. The summed E-state index contributed by atoms with van der Waals surface area (Å²) in [5, 5.41) is 23.2. The van der Waals surface area contributed by atoms with Gasteiger partial charge in [0.2, 0.25) is 5.91 Å². The lowest BCUT2D eigenvalue weighted by Crippen LogP contribution is -2.45. The summed E-state index contributed by atoms with van der Waals surface area (Å²) in [6, 6.07) is -0.634. The molecule has 6 nitrogen and oxygen atoms in total. The molecule has 0 rings (SSSR count). The molecule has 78 heavy (non-hydrogen) atoms. The van der Waals surface area contributed by atoms with Crippen LogP contribution in [0.15, 0.2) is 48.6 Å². The largest absolute Gasteiger partial charge is 0.466 e. The van der Waals surface area contributed by atoms with Crippen LogP contribution in [0.25, 0.3) is 0 Å². The van der Waals surface area contributed by atoms with Gasteiger partial charge in [0.05, 0.1) is 25.4 Å². The quantitative estimate of drug-likeness (QED) is 0.0320. The lowest BCUT2D eigenvalue weighted by Gasteiger charge is -2.20. The van der Waals surface area contributed by atoms with Gasteiger partial charge in [0.1, 0.15) is 0 Å². The molecule has 0 heterocycles. The molecule has 0 aromatic rings. The van der Waals surface area contributed by atoms with Gasteiger partial charge in [-0.3, -0.25) is 9.59 Å². The average molecular weight is 1090 g/mol. The summed E-state index contributed by atoms with van der Waals surface area (Å²) >= 11 is 0. The Morgan fingerprint density at radius 3 is 1.01 bits per heavy atom. The summed E-state index contributed by atoms with van der Waals surface area (Å²) in [7, 11) is 0. The summed E-state index contributed by atoms with van der Waals surface area (Å²) in [6.07, 6.45) is 87.5. The first-order chi connectivity index (χ1) is 38.5. The van der Waals surface area contributed by atoms with Gasteiger partial charge >= 0.3 is 5.97 Å². The number of rotatable bonds is 65. The van der Waals surface area contributed by atoms with Crippen molar-refractivity contribution >= 4 is 11.9 Å². The van der Waals surface area contributed by atoms with Crippen LogP contribution in [-0.4, -0.2) is 47.4 Å². The number of allylic oxidation sites excluding steroid dienone is 7. The van der Waals surface area contributed by atoms with E-state index in [9.17, 15) is 19.8 Å². The van der Waals surface area contributed by atoms with Crippen molar-refractivity contribution in [3.05, 3.63) is 48.6 Å². The van der Waals surface area contributed by atoms with Crippen molar-refractivity contribution in [2.24, 2.45) is 0 Å². The van der Waals surface area contributed by atoms with E-state index >= 15 is 0 Å². The lowest BCUT2D eigenvalue weighted by molar-refractivity contribution is -0.143. The zero-order valence-corrected chi connectivity index (χ0v) is 52.4. The highest BCUT2D eigenvalue weighted by atomic mass is 16.5. The first-order valence-corrected chi connectivity index (χ1v) is 34.9. The van der Waals surface area contributed by atoms with Crippen LogP contribution in [0.3, 0.4) is 0 Å². The molecule has 6 heteroatoms. The van der Waals surface area contributed by atoms with Crippen LogP contribution in [0.2, 0.25) is 0 Å². The molecule has 0 fully saturated rings. The van der Waals surface area contributed by atoms with E-state index in [-0.39, 0.29) is 18.5 Å². The van der Waals surface area contributed by atoms with E-state index in [4.69, 9.17) is 4.74 Å². The van der Waals surface area contributed by atoms with E-state index in [1.54, 1.807) is 6.08 Å². The number of hydrogen-bond acceptors (Lipinski definition) is 5. The first-order valence-electron chi connectivity index (χ1n) is 34.9. The summed E-state index contributed by atoms with van der Waals surface area (Å²) < 4.78 is 5.50. The fourth-order valence-electron chi connectivity index (χ4n) is 10.7. The predicted molar refractivity (Wildman–Crippen MR) is 342 cm³/mol. The average Bonchev–Trinajstić information content (AvgIpc) is 3.44. The highest BCUT2D eigenvalue weighted by molar-refractivity contribution is 5.76. The molecule has 0 aromatic heterocycles. The topological polar surface area (TPSA) is 95.9 Å². The number of unbranched alkanes of at least 4 members (excludes halogenated alkanes) is 48. The zero-order chi connectivity index (χ0) is 56.4. The Hall–Kier alpha value is -2.18. The van der Waals surface area contributed by atoms with E-state index in [0.717, 1.165) is 57.8 Å². The Kier molecular flexibility index (Phi) is 65.4. The number of esters is 1. The van der Waals surface area contributed by atoms with Crippen LogP contribution >= 0.6 is 0 Å². The highest BCUT2D eigenvalue weighted by Gasteiger charge is 2.18. The zero-order valence-electron chi connectivity index (χ0n) is 52.4. The van der Waals surface area contributed by atoms with Gasteiger partial charge in [0.15, 0.2) is 0 Å². The number of aliphatic hydroxyl groups excluding tert-OH is 2. The van der Waals surface area contributed by atoms with E-state index in [1.807, 2.05) is 6.08 Å². The molecule has 2 unspecified atom stereocenters. The molecule has 0 aromatic carbocycles. The number of ether oxygens (including phenoxy) is 1. The second-order valence-electron chi connectivity index (χ2n) is 23.9. The van der Waals surface area contributed by atoms with Gasteiger partial charge in [-0.1, -0.05) is 319 Å². The molecule has 0 bridgehead atoms. The Morgan fingerprint density at radius 2 is 0.641 bits per heavy atom. The fourth-order valence-corrected chi connectivity index (χ4v) is 10.7. The maximum Gasteiger partial charge on any atom is 0.305 e. The molecule has 0 radical (unpaired) electrons. The number of nitrogens with one attached hydrogen (secondary N) is 1. The Morgan fingerprint density at radius 1 is 0.359 bits per heavy atom. The third kappa shape index (κ3) is 63.0. The lowest BCUT2D eigenvalue weighted by atomic mass is 10.0. The van der Waals surface area contributed by atoms with E-state index in [0.29, 0.717) is 19.4 Å². The second kappa shape index (κ2) is 67.3. The van der Waals surface area contributed by atoms with Gasteiger partial charge in [-0.05, 0) is 89.9 Å². The number of carbonyl (C=O) groups is 2. The molecule has 1 amide bonds. The summed E-state index contributed by atoms with van der Waals surface area (Å²) in [6.45, 7) is 4.90. The molecule has 0 saturated heterocycles. The van der Waals surface area contributed by atoms with E-state index < -0.39 is 12.1 Å². The van der Waals surface area contributed by atoms with Crippen molar-refractivity contribution in [3.63, 3.8) is 0 Å². The molecule has 3 N–H and O–H groups in total. The number of aliphatic hydroxyl groups is 2. The maximum absolute atomic E-state index is 12.5. The van der Waals surface area contributed by atoms with Crippen molar-refractivity contribution in [1.29, 1.82) is 0 Å². The normalized spacial score (nSPS) is 12.8. The third-order valence-corrected chi connectivity index (χ3v) is 16.1. The molecule has 458 valence electrons. The first kappa shape index (κ1) is 75.8. The number of carbonyl (C=O) groups excluding carboxylic acids is 2. The summed E-state index contributed by atoms with van der Waals surface area (Å²) in [5.74, 6) is -0.0644. The molecule has 0 aliphatic carbocycles. The fraction of sp³-hybridized carbons (Fsp3) is 0.861. The van der Waals surface area contributed by atoms with Crippen molar-refractivity contribution in [2.75, 3.05) is 13.2 Å². The Labute approximate surface area is 486 Å². The van der Waals surface area contributed by atoms with Crippen LogP contribution in [0.5, 0.6) is 0 Å². The Balaban J connectivity index is 3.43. The number of amides is 1. The van der Waals surface area contributed by atoms with Gasteiger partial charge in [0.25, 0.3) is 0 Å². The Bertz CT molecular complexity index is 1310. The van der Waals surface area contributed by atoms with Gasteiger partial charge in [0, 0.05) is 12.8 Å². The standard InChI is InChI=1S/C72H135NO5/c1-3-5-7-9-11-13-15-17-19-21-28-32-36-40-44-48-52-56-60-64-70(75)69(68-74)73-71(76)65-61-57-53-49-45-41-37-33-30-26-24-23-25-27-31-35-39-43-47-51-55-59-63-67-78-72(77)66-62-58-54-50-46-42-38-34-29-22-20-18-16-14-12-10-8-6-4-2/h12,14,18,20,26,30,60,64,69-70,74-75H,3-11,13,15-17,19,21-25,27-29,31-59,61-63,65-68H2,1-2H3,(H,73,76)/b14-12-,20-18-,30-26-,64-60+. The van der Waals surface area contributed by atoms with Crippen molar-refractivity contribution < 1.29 is 24.5 Å². The van der Waals surface area contributed by atoms with Crippen LogP contribution in [0, 0.1) is 0 Å². The monoisotopic (exact) mass is 1090 g/mol. The maximum atomic E-state index is 12.5. The van der Waals surface area contributed by atoms with Crippen LogP contribution in [0.1, 0.15) is 373 Å². The highest BCUT2D eigenvalue weighted by Crippen LogP contribution is 2.18. The number of hydrogen-bond donors (Lipinski definition) is 3. The molecule has 0 spiro atoms. The van der Waals surface area contributed by atoms with Crippen molar-refractivity contribution in [1.82, 2.24) is 5.32 Å². The van der Waals surface area contributed by atoms with Gasteiger partial charge in [-0.15, -0.1) is 0 Å². The second-order valence-corrected chi connectivity index (χ2v) is 23.9. The SMILES string of the molecule is CCCCC/C=C\C/C=C\CCCCCCCCCCCC(=O)OCCCCCCCCCCCCCC/C=C\CCCCCCCCCC(=O)NC(CO)C(O)/C=C/CCCCCCCCCCCCCCCCCCC. The smallest absolute Gasteiger partial charge is 0.305 e. The van der Waals surface area contributed by atoms with Crippen molar-refractivity contribution in [3.8, 4) is 0 Å². The minimum absolute atomic E-state index is 0.00742. The van der Waals surface area contributed by atoms with Gasteiger partial charge in [-0.2, -0.15) is 0 Å². The molecule has 0 aliphatic rings. The van der Waals surface area contributed by atoms with Crippen LogP contribution in [-0.2, 0) is 14.3 Å². The predicted octanol–water partition coefficient (Wildman–Crippen LogP) is 22.5. The molecule has 0 aliphatic heterocycles. The van der Waals surface area contributed by atoms with Crippen LogP contribution in [0.4, 0.5) is 0 Å². The minimum Gasteiger partial charge on any atom is -0.466 e. The summed E-state index contributed by atoms with van der Waals surface area (Å²) in [4.78, 5) is 24.6. The molecular formula is C72H135NO5. The van der Waals surface area contributed by atoms with Crippen molar-refractivity contribution in [2.45, 2.75) is 386 Å². The van der Waals surface area contributed by atoms with E-state index in [2.05, 4.69) is 55.6 Å². The van der Waals surface area contributed by atoms with Gasteiger partial charge in [-0.25, -0.2) is 0 Å². The van der Waals surface area contributed by atoms with E-state index in [1.165, 1.54) is 289 Å². The summed E-state index contributed by atoms with van der Waals surface area (Å²) in [5.41, 5.74) is 0. The van der Waals surface area contributed by atoms with Crippen LogP contribution < -0.4 is 5.32 Å².